The van der Waals surface area contributed by atoms with E-state index in [1.807, 2.05) is 91.9 Å². The van der Waals surface area contributed by atoms with Crippen LogP contribution in [0, 0.1) is 6.92 Å². The lowest BCUT2D eigenvalue weighted by atomic mass is 9.90. The fraction of sp³-hybridized carbons (Fsp3) is 0.214. The third-order valence-corrected chi connectivity index (χ3v) is 7.19. The van der Waals surface area contributed by atoms with Crippen LogP contribution in [-0.2, 0) is 9.59 Å². The summed E-state index contributed by atoms with van der Waals surface area (Å²) in [5.41, 5.74) is 3.96. The molecule has 176 valence electrons. The predicted molar refractivity (Wildman–Crippen MR) is 138 cm³/mol. The van der Waals surface area contributed by atoms with Gasteiger partial charge in [0.2, 0.25) is 16.9 Å². The average molecular weight is 483 g/mol. The molecule has 0 aliphatic carbocycles. The summed E-state index contributed by atoms with van der Waals surface area (Å²) < 4.78 is 0. The number of rotatable bonds is 6. The van der Waals surface area contributed by atoms with Gasteiger partial charge in [0.15, 0.2) is 0 Å². The Morgan fingerprint density at radius 3 is 2.17 bits per heavy atom. The standard InChI is InChI=1S/C28H26N4O2S/c1-19-14-16-22(17-15-19)26-30-31-28(35-26)29-25(33)23-13-8-18-32(23)27(34)24(20-9-4-2-5-10-20)21-11-6-3-7-12-21/h2-7,9-12,14-17,23-24H,8,13,18H2,1H3,(H,29,31,33). The molecule has 1 fully saturated rings. The second-order valence-corrected chi connectivity index (χ2v) is 9.69. The molecule has 1 atom stereocenters. The lowest BCUT2D eigenvalue weighted by molar-refractivity contribution is -0.137. The molecule has 0 radical (unpaired) electrons. The van der Waals surface area contributed by atoms with Crippen LogP contribution < -0.4 is 5.32 Å². The Hall–Kier alpha value is -3.84. The van der Waals surface area contributed by atoms with Gasteiger partial charge in [0, 0.05) is 12.1 Å². The van der Waals surface area contributed by atoms with E-state index in [4.69, 9.17) is 0 Å². The summed E-state index contributed by atoms with van der Waals surface area (Å²) in [4.78, 5) is 28.8. The number of anilines is 1. The second-order valence-electron chi connectivity index (χ2n) is 8.71. The number of carbonyl (C=O) groups excluding carboxylic acids is 2. The molecule has 0 saturated carbocycles. The zero-order valence-electron chi connectivity index (χ0n) is 19.4. The summed E-state index contributed by atoms with van der Waals surface area (Å²) in [6.45, 7) is 2.59. The number of nitrogens with zero attached hydrogens (tertiary/aromatic N) is 3. The molecular weight excluding hydrogens is 456 g/mol. The Balaban J connectivity index is 1.35. The fourth-order valence-corrected chi connectivity index (χ4v) is 5.26. The average Bonchev–Trinajstić information content (AvgIpc) is 3.56. The number of carbonyl (C=O) groups is 2. The van der Waals surface area contributed by atoms with Gasteiger partial charge in [-0.1, -0.05) is 102 Å². The van der Waals surface area contributed by atoms with E-state index in [1.54, 1.807) is 4.90 Å². The Kier molecular flexibility index (Phi) is 6.68. The molecule has 6 nitrogen and oxygen atoms in total. The molecule has 2 amide bonds. The molecule has 0 bridgehead atoms. The lowest BCUT2D eigenvalue weighted by Gasteiger charge is -2.28. The van der Waals surface area contributed by atoms with Gasteiger partial charge in [0.1, 0.15) is 11.0 Å². The van der Waals surface area contributed by atoms with Gasteiger partial charge < -0.3 is 4.90 Å². The SMILES string of the molecule is Cc1ccc(-c2nnc(NC(=O)C3CCCN3C(=O)C(c3ccccc3)c3ccccc3)s2)cc1. The summed E-state index contributed by atoms with van der Waals surface area (Å²) in [5.74, 6) is -0.736. The normalized spacial score (nSPS) is 15.4. The van der Waals surface area contributed by atoms with E-state index in [2.05, 4.69) is 15.5 Å². The third kappa shape index (κ3) is 5.00. The van der Waals surface area contributed by atoms with Crippen LogP contribution in [0.15, 0.2) is 84.9 Å². The van der Waals surface area contributed by atoms with Crippen molar-refractivity contribution < 1.29 is 9.59 Å². The molecule has 1 aliphatic heterocycles. The predicted octanol–water partition coefficient (Wildman–Crippen LogP) is 5.28. The summed E-state index contributed by atoms with van der Waals surface area (Å²) in [7, 11) is 0. The van der Waals surface area contributed by atoms with E-state index >= 15 is 0 Å². The molecule has 4 aromatic rings. The number of likely N-dealkylation sites (tertiary alicyclic amines) is 1. The number of benzene rings is 3. The highest BCUT2D eigenvalue weighted by Crippen LogP contribution is 2.31. The minimum Gasteiger partial charge on any atom is -0.330 e. The van der Waals surface area contributed by atoms with Gasteiger partial charge in [-0.25, -0.2) is 0 Å². The van der Waals surface area contributed by atoms with Crippen molar-refractivity contribution in [1.82, 2.24) is 15.1 Å². The molecule has 5 rings (SSSR count). The van der Waals surface area contributed by atoms with Crippen molar-refractivity contribution in [3.8, 4) is 10.6 Å². The van der Waals surface area contributed by atoms with Crippen LogP contribution in [0.1, 0.15) is 35.4 Å². The highest BCUT2D eigenvalue weighted by molar-refractivity contribution is 7.18. The van der Waals surface area contributed by atoms with Crippen LogP contribution in [0.5, 0.6) is 0 Å². The molecule has 1 aliphatic rings. The monoisotopic (exact) mass is 482 g/mol. The first-order chi connectivity index (χ1) is 17.1. The second kappa shape index (κ2) is 10.2. The summed E-state index contributed by atoms with van der Waals surface area (Å²) >= 11 is 1.33. The molecule has 3 aromatic carbocycles. The Bertz CT molecular complexity index is 1270. The molecule has 7 heteroatoms. The number of hydrogen-bond acceptors (Lipinski definition) is 5. The smallest absolute Gasteiger partial charge is 0.249 e. The quantitative estimate of drug-likeness (QED) is 0.406. The number of aryl methyl sites for hydroxylation is 1. The van der Waals surface area contributed by atoms with Gasteiger partial charge >= 0.3 is 0 Å². The topological polar surface area (TPSA) is 75.2 Å². The third-order valence-electron chi connectivity index (χ3n) is 6.30. The fourth-order valence-electron chi connectivity index (χ4n) is 4.51. The number of nitrogens with one attached hydrogen (secondary N) is 1. The van der Waals surface area contributed by atoms with Crippen molar-refractivity contribution in [1.29, 1.82) is 0 Å². The molecular formula is C28H26N4O2S. The zero-order valence-corrected chi connectivity index (χ0v) is 20.2. The largest absolute Gasteiger partial charge is 0.330 e. The van der Waals surface area contributed by atoms with Crippen molar-refractivity contribution in [2.45, 2.75) is 31.7 Å². The van der Waals surface area contributed by atoms with E-state index in [0.717, 1.165) is 28.1 Å². The Labute approximate surface area is 208 Å². The van der Waals surface area contributed by atoms with Gasteiger partial charge in [-0.2, -0.15) is 0 Å². The van der Waals surface area contributed by atoms with Crippen molar-refractivity contribution in [2.24, 2.45) is 0 Å². The molecule has 1 unspecified atom stereocenters. The Morgan fingerprint density at radius 1 is 0.914 bits per heavy atom. The lowest BCUT2D eigenvalue weighted by Crippen LogP contribution is -2.45. The highest BCUT2D eigenvalue weighted by Gasteiger charge is 2.38. The van der Waals surface area contributed by atoms with Crippen LogP contribution in [0.25, 0.3) is 10.6 Å². The van der Waals surface area contributed by atoms with Crippen molar-refractivity contribution in [3.63, 3.8) is 0 Å². The number of aromatic nitrogens is 2. The van der Waals surface area contributed by atoms with E-state index in [9.17, 15) is 9.59 Å². The van der Waals surface area contributed by atoms with E-state index in [0.29, 0.717) is 18.1 Å². The molecule has 1 N–H and O–H groups in total. The van der Waals surface area contributed by atoms with Crippen molar-refractivity contribution >= 4 is 28.3 Å². The minimum atomic E-state index is -0.538. The van der Waals surface area contributed by atoms with E-state index < -0.39 is 12.0 Å². The summed E-state index contributed by atoms with van der Waals surface area (Å²) in [6, 6.07) is 27.0. The molecule has 1 aromatic heterocycles. The molecule has 35 heavy (non-hydrogen) atoms. The van der Waals surface area contributed by atoms with Gasteiger partial charge in [-0.3, -0.25) is 14.9 Å². The van der Waals surface area contributed by atoms with E-state index in [-0.39, 0.29) is 11.8 Å². The van der Waals surface area contributed by atoms with Crippen LogP contribution in [-0.4, -0.2) is 39.5 Å². The maximum absolute atomic E-state index is 13.9. The zero-order chi connectivity index (χ0) is 24.2. The summed E-state index contributed by atoms with van der Waals surface area (Å²) in [6.07, 6.45) is 1.41. The van der Waals surface area contributed by atoms with Crippen LogP contribution >= 0.6 is 11.3 Å². The van der Waals surface area contributed by atoms with Crippen LogP contribution in [0.4, 0.5) is 5.13 Å². The Morgan fingerprint density at radius 2 is 1.54 bits per heavy atom. The highest BCUT2D eigenvalue weighted by atomic mass is 32.1. The van der Waals surface area contributed by atoms with E-state index in [1.165, 1.54) is 16.9 Å². The number of amides is 2. The maximum atomic E-state index is 13.9. The minimum absolute atomic E-state index is 0.0577. The van der Waals surface area contributed by atoms with Crippen LogP contribution in [0.2, 0.25) is 0 Å². The molecule has 2 heterocycles. The molecule has 1 saturated heterocycles. The first-order valence-corrected chi connectivity index (χ1v) is 12.5. The van der Waals surface area contributed by atoms with Crippen molar-refractivity contribution in [2.75, 3.05) is 11.9 Å². The first kappa shape index (κ1) is 22.9. The summed E-state index contributed by atoms with van der Waals surface area (Å²) in [5, 5.41) is 12.5. The van der Waals surface area contributed by atoms with Gasteiger partial charge in [0.05, 0.1) is 5.92 Å². The maximum Gasteiger partial charge on any atom is 0.249 e. The van der Waals surface area contributed by atoms with Gasteiger partial charge in [-0.05, 0) is 30.9 Å². The van der Waals surface area contributed by atoms with Gasteiger partial charge in [-0.15, -0.1) is 10.2 Å². The molecule has 0 spiro atoms. The van der Waals surface area contributed by atoms with Crippen LogP contribution in [0.3, 0.4) is 0 Å². The van der Waals surface area contributed by atoms with Crippen molar-refractivity contribution in [3.05, 3.63) is 102 Å². The first-order valence-electron chi connectivity index (χ1n) is 11.7. The number of hydrogen-bond donors (Lipinski definition) is 1. The van der Waals surface area contributed by atoms with Gasteiger partial charge in [0.25, 0.3) is 0 Å².